The average molecular weight is 359 g/mol. The molecule has 0 fully saturated rings. The summed E-state index contributed by atoms with van der Waals surface area (Å²) < 4.78 is 0. The van der Waals surface area contributed by atoms with Gasteiger partial charge in [-0.15, -0.1) is 0 Å². The van der Waals surface area contributed by atoms with Crippen LogP contribution in [0.25, 0.3) is 0 Å². The van der Waals surface area contributed by atoms with Crippen molar-refractivity contribution in [1.82, 2.24) is 9.97 Å². The van der Waals surface area contributed by atoms with E-state index in [9.17, 15) is 0 Å². The van der Waals surface area contributed by atoms with Gasteiger partial charge in [-0.25, -0.2) is 4.98 Å². The summed E-state index contributed by atoms with van der Waals surface area (Å²) in [6.07, 6.45) is 1.69. The number of nitrogens with zero attached hydrogens (tertiary/aromatic N) is 2. The Hall–Kier alpha value is -2.30. The summed E-state index contributed by atoms with van der Waals surface area (Å²) in [5, 5.41) is 7.51. The molecule has 1 heterocycles. The molecule has 0 saturated carbocycles. The van der Waals surface area contributed by atoms with Crippen LogP contribution in [0.15, 0.2) is 54.7 Å². The molecule has 0 saturated heterocycles. The number of halogens is 2. The van der Waals surface area contributed by atoms with Gasteiger partial charge in [-0.3, -0.25) is 0 Å². The molecule has 0 radical (unpaired) electrons. The molecule has 0 aliphatic rings. The van der Waals surface area contributed by atoms with Gasteiger partial charge in [0, 0.05) is 17.8 Å². The largest absolute Gasteiger partial charge is 0.366 e. The lowest BCUT2D eigenvalue weighted by Gasteiger charge is -2.10. The van der Waals surface area contributed by atoms with Crippen LogP contribution in [-0.2, 0) is 6.54 Å². The number of aromatic nitrogens is 2. The smallest absolute Gasteiger partial charge is 0.229 e. The summed E-state index contributed by atoms with van der Waals surface area (Å²) in [5.74, 6) is 1.18. The van der Waals surface area contributed by atoms with Crippen LogP contribution < -0.4 is 10.6 Å². The fourth-order valence-corrected chi connectivity index (χ4v) is 2.47. The first-order valence-electron chi connectivity index (χ1n) is 7.45. The summed E-state index contributed by atoms with van der Waals surface area (Å²) in [6.45, 7) is 2.76. The van der Waals surface area contributed by atoms with Gasteiger partial charge in [0.2, 0.25) is 5.95 Å². The van der Waals surface area contributed by atoms with Crippen molar-refractivity contribution in [3.05, 3.63) is 75.9 Å². The predicted octanol–water partition coefficient (Wildman–Crippen LogP) is 5.45. The first-order chi connectivity index (χ1) is 11.6. The highest BCUT2D eigenvalue weighted by Crippen LogP contribution is 2.27. The molecule has 4 nitrogen and oxygen atoms in total. The van der Waals surface area contributed by atoms with Crippen molar-refractivity contribution in [2.24, 2.45) is 0 Å². The standard InChI is InChI=1S/C18H16Cl2N4/c1-12-2-4-13(5-3-12)11-22-17-8-9-21-18(24-17)23-16-10-14(19)6-7-15(16)20/h2-10H,11H2,1H3,(H2,21,22,23,24). The normalized spacial score (nSPS) is 10.5. The fraction of sp³-hybridized carbons (Fsp3) is 0.111. The number of hydrogen-bond acceptors (Lipinski definition) is 4. The number of benzene rings is 2. The number of aryl methyl sites for hydroxylation is 1. The molecular weight excluding hydrogens is 343 g/mol. The lowest BCUT2D eigenvalue weighted by Crippen LogP contribution is -2.04. The Labute approximate surface area is 150 Å². The van der Waals surface area contributed by atoms with E-state index in [1.54, 1.807) is 24.4 Å². The van der Waals surface area contributed by atoms with Gasteiger partial charge >= 0.3 is 0 Å². The molecule has 0 amide bonds. The Balaban J connectivity index is 1.69. The van der Waals surface area contributed by atoms with Crippen molar-refractivity contribution in [2.45, 2.75) is 13.5 Å². The van der Waals surface area contributed by atoms with Crippen molar-refractivity contribution in [1.29, 1.82) is 0 Å². The molecule has 0 atom stereocenters. The molecule has 0 bridgehead atoms. The summed E-state index contributed by atoms with van der Waals surface area (Å²) in [4.78, 5) is 8.64. The molecule has 122 valence electrons. The Morgan fingerprint density at radius 1 is 1.00 bits per heavy atom. The van der Waals surface area contributed by atoms with E-state index in [1.807, 2.05) is 6.07 Å². The van der Waals surface area contributed by atoms with Gasteiger partial charge in [0.05, 0.1) is 10.7 Å². The van der Waals surface area contributed by atoms with Gasteiger partial charge in [-0.1, -0.05) is 53.0 Å². The number of nitrogens with one attached hydrogen (secondary N) is 2. The molecule has 2 N–H and O–H groups in total. The molecular formula is C18H16Cl2N4. The molecule has 0 unspecified atom stereocenters. The zero-order valence-electron chi connectivity index (χ0n) is 13.1. The summed E-state index contributed by atoms with van der Waals surface area (Å²) >= 11 is 12.1. The third kappa shape index (κ3) is 4.37. The van der Waals surface area contributed by atoms with Gasteiger partial charge in [0.15, 0.2) is 0 Å². The zero-order chi connectivity index (χ0) is 16.9. The van der Waals surface area contributed by atoms with Crippen LogP contribution in [0.5, 0.6) is 0 Å². The second kappa shape index (κ2) is 7.51. The molecule has 1 aromatic heterocycles. The minimum Gasteiger partial charge on any atom is -0.366 e. The lowest BCUT2D eigenvalue weighted by atomic mass is 10.1. The molecule has 0 spiro atoms. The maximum absolute atomic E-state index is 6.15. The quantitative estimate of drug-likeness (QED) is 0.636. The third-order valence-electron chi connectivity index (χ3n) is 3.42. The van der Waals surface area contributed by atoms with Gasteiger partial charge in [-0.2, -0.15) is 4.98 Å². The van der Waals surface area contributed by atoms with E-state index >= 15 is 0 Å². The van der Waals surface area contributed by atoms with Crippen molar-refractivity contribution < 1.29 is 0 Å². The van der Waals surface area contributed by atoms with E-state index in [2.05, 4.69) is 51.8 Å². The first kappa shape index (κ1) is 16.6. The number of rotatable bonds is 5. The van der Waals surface area contributed by atoms with Gasteiger partial charge < -0.3 is 10.6 Å². The number of anilines is 3. The highest BCUT2D eigenvalue weighted by atomic mass is 35.5. The van der Waals surface area contributed by atoms with Gasteiger partial charge in [0.1, 0.15) is 5.82 Å². The van der Waals surface area contributed by atoms with Crippen LogP contribution in [0.3, 0.4) is 0 Å². The Bertz CT molecular complexity index is 835. The minimum absolute atomic E-state index is 0.452. The maximum atomic E-state index is 6.15. The molecule has 0 aliphatic carbocycles. The van der Waals surface area contributed by atoms with E-state index in [0.717, 1.165) is 5.82 Å². The monoisotopic (exact) mass is 358 g/mol. The van der Waals surface area contributed by atoms with Crippen LogP contribution in [0, 0.1) is 6.92 Å². The van der Waals surface area contributed by atoms with Crippen LogP contribution in [0.1, 0.15) is 11.1 Å². The summed E-state index contributed by atoms with van der Waals surface area (Å²) in [7, 11) is 0. The van der Waals surface area contributed by atoms with Crippen LogP contribution >= 0.6 is 23.2 Å². The SMILES string of the molecule is Cc1ccc(CNc2ccnc(Nc3cc(Cl)ccc3Cl)n2)cc1. The third-order valence-corrected chi connectivity index (χ3v) is 3.99. The van der Waals surface area contributed by atoms with E-state index in [-0.39, 0.29) is 0 Å². The number of hydrogen-bond donors (Lipinski definition) is 2. The van der Waals surface area contributed by atoms with Crippen molar-refractivity contribution in [3.63, 3.8) is 0 Å². The first-order valence-corrected chi connectivity index (χ1v) is 8.20. The molecule has 0 aliphatic heterocycles. The van der Waals surface area contributed by atoms with Crippen molar-refractivity contribution in [3.8, 4) is 0 Å². The van der Waals surface area contributed by atoms with Crippen molar-refractivity contribution in [2.75, 3.05) is 10.6 Å². The Morgan fingerprint density at radius 3 is 2.58 bits per heavy atom. The molecule has 6 heteroatoms. The zero-order valence-corrected chi connectivity index (χ0v) is 14.6. The highest BCUT2D eigenvalue weighted by Gasteiger charge is 2.05. The van der Waals surface area contributed by atoms with Crippen molar-refractivity contribution >= 4 is 40.7 Å². The topological polar surface area (TPSA) is 49.8 Å². The molecule has 3 aromatic rings. The predicted molar refractivity (Wildman–Crippen MR) is 100 cm³/mol. The van der Waals surface area contributed by atoms with Gasteiger partial charge in [0.25, 0.3) is 0 Å². The van der Waals surface area contributed by atoms with Crippen LogP contribution in [-0.4, -0.2) is 9.97 Å². The summed E-state index contributed by atoms with van der Waals surface area (Å²) in [5.41, 5.74) is 3.09. The molecule has 2 aromatic carbocycles. The van der Waals surface area contributed by atoms with E-state index < -0.39 is 0 Å². The highest BCUT2D eigenvalue weighted by molar-refractivity contribution is 6.35. The van der Waals surface area contributed by atoms with Gasteiger partial charge in [-0.05, 0) is 36.8 Å². The Morgan fingerprint density at radius 2 is 1.79 bits per heavy atom. The maximum Gasteiger partial charge on any atom is 0.229 e. The molecule has 24 heavy (non-hydrogen) atoms. The Kier molecular flexibility index (Phi) is 5.18. The van der Waals surface area contributed by atoms with E-state index in [4.69, 9.17) is 23.2 Å². The second-order valence-electron chi connectivity index (χ2n) is 5.35. The average Bonchev–Trinajstić information content (AvgIpc) is 2.58. The van der Waals surface area contributed by atoms with E-state index in [0.29, 0.717) is 28.2 Å². The lowest BCUT2D eigenvalue weighted by molar-refractivity contribution is 1.08. The van der Waals surface area contributed by atoms with E-state index in [1.165, 1.54) is 11.1 Å². The molecule has 3 rings (SSSR count). The minimum atomic E-state index is 0.452. The summed E-state index contributed by atoms with van der Waals surface area (Å²) in [6, 6.07) is 15.4. The second-order valence-corrected chi connectivity index (χ2v) is 6.20. The fourth-order valence-electron chi connectivity index (χ4n) is 2.13. The van der Waals surface area contributed by atoms with Crippen LogP contribution in [0.4, 0.5) is 17.5 Å². The van der Waals surface area contributed by atoms with Crippen LogP contribution in [0.2, 0.25) is 10.0 Å².